The van der Waals surface area contributed by atoms with E-state index in [1.54, 1.807) is 0 Å². The summed E-state index contributed by atoms with van der Waals surface area (Å²) in [6.45, 7) is 4.26. The first-order chi connectivity index (χ1) is 9.84. The maximum absolute atomic E-state index is 4.91. The molecule has 4 rings (SSSR count). The predicted molar refractivity (Wildman–Crippen MR) is 81.3 cm³/mol. The zero-order chi connectivity index (χ0) is 13.5. The molecule has 4 nitrogen and oxygen atoms in total. The highest BCUT2D eigenvalue weighted by atomic mass is 15.2. The molecule has 1 aliphatic rings. The summed E-state index contributed by atoms with van der Waals surface area (Å²) in [6, 6.07) is 8.31. The minimum Gasteiger partial charge on any atom is -0.355 e. The Morgan fingerprint density at radius 1 is 1.00 bits per heavy atom. The third-order valence-electron chi connectivity index (χ3n) is 4.17. The van der Waals surface area contributed by atoms with Gasteiger partial charge in [-0.05, 0) is 38.3 Å². The molecule has 2 aromatic heterocycles. The monoisotopic (exact) mass is 266 g/mol. The van der Waals surface area contributed by atoms with Crippen LogP contribution in [-0.4, -0.2) is 27.5 Å². The Balaban J connectivity index is 2.03. The molecule has 0 unspecified atom stereocenters. The van der Waals surface area contributed by atoms with Gasteiger partial charge in [-0.2, -0.15) is 0 Å². The van der Waals surface area contributed by atoms with Gasteiger partial charge < -0.3 is 4.90 Å². The van der Waals surface area contributed by atoms with Crippen LogP contribution in [0, 0.1) is 6.92 Å². The summed E-state index contributed by atoms with van der Waals surface area (Å²) < 4.78 is 2.23. The lowest BCUT2D eigenvalue weighted by Gasteiger charge is -2.28. The smallest absolute Gasteiger partial charge is 0.155 e. The lowest BCUT2D eigenvalue weighted by atomic mass is 10.1. The Bertz CT molecular complexity index is 769. The number of imidazole rings is 1. The van der Waals surface area contributed by atoms with Crippen LogP contribution in [0.15, 0.2) is 30.5 Å². The van der Waals surface area contributed by atoms with E-state index >= 15 is 0 Å². The summed E-state index contributed by atoms with van der Waals surface area (Å²) in [7, 11) is 0. The van der Waals surface area contributed by atoms with E-state index in [1.165, 1.54) is 19.3 Å². The van der Waals surface area contributed by atoms with Gasteiger partial charge in [-0.25, -0.2) is 9.97 Å². The van der Waals surface area contributed by atoms with Gasteiger partial charge in [-0.1, -0.05) is 12.1 Å². The quantitative estimate of drug-likeness (QED) is 0.678. The van der Waals surface area contributed by atoms with Crippen molar-refractivity contribution in [2.24, 2.45) is 0 Å². The van der Waals surface area contributed by atoms with Gasteiger partial charge >= 0.3 is 0 Å². The average molecular weight is 266 g/mol. The fourth-order valence-corrected chi connectivity index (χ4v) is 3.16. The molecule has 4 heteroatoms. The molecule has 0 bridgehead atoms. The first-order valence-electron chi connectivity index (χ1n) is 7.32. The van der Waals surface area contributed by atoms with Crippen LogP contribution in [0.4, 0.5) is 5.82 Å². The van der Waals surface area contributed by atoms with Crippen LogP contribution >= 0.6 is 0 Å². The molecule has 0 saturated carbocycles. The molecular formula is C16H18N4. The van der Waals surface area contributed by atoms with Crippen molar-refractivity contribution in [3.63, 3.8) is 0 Å². The van der Waals surface area contributed by atoms with Crippen LogP contribution < -0.4 is 4.90 Å². The lowest BCUT2D eigenvalue weighted by Crippen LogP contribution is -2.30. The number of anilines is 1. The number of para-hydroxylation sites is 2. The molecule has 1 saturated heterocycles. The number of hydrogen-bond acceptors (Lipinski definition) is 3. The number of fused-ring (bicyclic) bond motifs is 3. The van der Waals surface area contributed by atoms with Crippen molar-refractivity contribution < 1.29 is 0 Å². The summed E-state index contributed by atoms with van der Waals surface area (Å²) in [5.41, 5.74) is 3.31. The van der Waals surface area contributed by atoms with Crippen LogP contribution in [0.5, 0.6) is 0 Å². The summed E-state index contributed by atoms with van der Waals surface area (Å²) in [6.07, 6.45) is 5.80. The summed E-state index contributed by atoms with van der Waals surface area (Å²) >= 11 is 0. The molecule has 0 amide bonds. The zero-order valence-electron chi connectivity index (χ0n) is 11.7. The summed E-state index contributed by atoms with van der Waals surface area (Å²) in [5.74, 6) is 2.11. The number of rotatable bonds is 1. The molecular weight excluding hydrogens is 248 g/mol. The van der Waals surface area contributed by atoms with Crippen LogP contribution in [0.2, 0.25) is 0 Å². The molecule has 0 N–H and O–H groups in total. The Morgan fingerprint density at radius 3 is 2.65 bits per heavy atom. The third-order valence-corrected chi connectivity index (χ3v) is 4.17. The number of aromatic nitrogens is 3. The van der Waals surface area contributed by atoms with E-state index in [0.29, 0.717) is 0 Å². The third kappa shape index (κ3) is 1.68. The van der Waals surface area contributed by atoms with Crippen LogP contribution in [0.3, 0.4) is 0 Å². The van der Waals surface area contributed by atoms with Crippen LogP contribution in [0.25, 0.3) is 16.6 Å². The number of piperidine rings is 1. The van der Waals surface area contributed by atoms with Crippen molar-refractivity contribution in [2.45, 2.75) is 26.2 Å². The van der Waals surface area contributed by atoms with Crippen LogP contribution in [-0.2, 0) is 0 Å². The van der Waals surface area contributed by atoms with E-state index in [9.17, 15) is 0 Å². The molecule has 0 atom stereocenters. The molecule has 0 spiro atoms. The number of nitrogens with zero attached hydrogens (tertiary/aromatic N) is 4. The molecule has 1 aromatic carbocycles. The van der Waals surface area contributed by atoms with Gasteiger partial charge in [-0.15, -0.1) is 0 Å². The van der Waals surface area contributed by atoms with E-state index in [1.807, 2.05) is 12.3 Å². The van der Waals surface area contributed by atoms with E-state index in [4.69, 9.17) is 4.98 Å². The van der Waals surface area contributed by atoms with E-state index < -0.39 is 0 Å². The Hall–Kier alpha value is -2.10. The minimum atomic E-state index is 1.02. The molecule has 1 fully saturated rings. The highest BCUT2D eigenvalue weighted by Gasteiger charge is 2.18. The summed E-state index contributed by atoms with van der Waals surface area (Å²) in [5, 5.41) is 0. The van der Waals surface area contributed by atoms with Gasteiger partial charge in [-0.3, -0.25) is 4.40 Å². The highest BCUT2D eigenvalue weighted by molar-refractivity contribution is 5.84. The van der Waals surface area contributed by atoms with Crippen molar-refractivity contribution >= 4 is 22.4 Å². The van der Waals surface area contributed by atoms with Gasteiger partial charge in [0.15, 0.2) is 5.82 Å². The Morgan fingerprint density at radius 2 is 1.80 bits per heavy atom. The molecule has 20 heavy (non-hydrogen) atoms. The lowest BCUT2D eigenvalue weighted by molar-refractivity contribution is 0.575. The molecule has 3 heterocycles. The second kappa shape index (κ2) is 4.47. The molecule has 3 aromatic rings. The number of aryl methyl sites for hydroxylation is 1. The number of hydrogen-bond donors (Lipinski definition) is 0. The van der Waals surface area contributed by atoms with E-state index in [2.05, 4.69) is 39.4 Å². The normalized spacial score (nSPS) is 16.1. The maximum Gasteiger partial charge on any atom is 0.155 e. The van der Waals surface area contributed by atoms with E-state index in [-0.39, 0.29) is 0 Å². The van der Waals surface area contributed by atoms with Crippen molar-refractivity contribution in [1.82, 2.24) is 14.4 Å². The standard InChI is InChI=1S/C16H18N4/c1-12-17-11-15-16(19-9-5-2-6-10-19)18-13-7-3-4-8-14(13)20(12)15/h3-4,7-8,11H,2,5-6,9-10H2,1H3. The average Bonchev–Trinajstić information content (AvgIpc) is 2.90. The second-order valence-electron chi connectivity index (χ2n) is 5.50. The van der Waals surface area contributed by atoms with Crippen molar-refractivity contribution in [2.75, 3.05) is 18.0 Å². The number of benzene rings is 1. The minimum absolute atomic E-state index is 1.02. The summed E-state index contributed by atoms with van der Waals surface area (Å²) in [4.78, 5) is 11.8. The predicted octanol–water partition coefficient (Wildman–Crippen LogP) is 3.18. The Labute approximate surface area is 118 Å². The van der Waals surface area contributed by atoms with Crippen molar-refractivity contribution in [3.8, 4) is 0 Å². The molecule has 0 radical (unpaired) electrons. The molecule has 1 aliphatic heterocycles. The van der Waals surface area contributed by atoms with Gasteiger partial charge in [0, 0.05) is 13.1 Å². The SMILES string of the molecule is Cc1ncc2c(N3CCCCC3)nc3ccccc3n12. The molecule has 0 aliphatic carbocycles. The van der Waals surface area contributed by atoms with Crippen molar-refractivity contribution in [3.05, 3.63) is 36.3 Å². The van der Waals surface area contributed by atoms with Gasteiger partial charge in [0.2, 0.25) is 0 Å². The Kier molecular flexibility index (Phi) is 2.62. The van der Waals surface area contributed by atoms with Crippen molar-refractivity contribution in [1.29, 1.82) is 0 Å². The van der Waals surface area contributed by atoms with E-state index in [0.717, 1.165) is 41.3 Å². The first kappa shape index (κ1) is 11.7. The zero-order valence-corrected chi connectivity index (χ0v) is 11.7. The highest BCUT2D eigenvalue weighted by Crippen LogP contribution is 2.27. The largest absolute Gasteiger partial charge is 0.355 e. The molecule has 102 valence electrons. The van der Waals surface area contributed by atoms with Gasteiger partial charge in [0.1, 0.15) is 11.3 Å². The van der Waals surface area contributed by atoms with Crippen LogP contribution in [0.1, 0.15) is 25.1 Å². The topological polar surface area (TPSA) is 33.4 Å². The second-order valence-corrected chi connectivity index (χ2v) is 5.50. The van der Waals surface area contributed by atoms with Gasteiger partial charge in [0.25, 0.3) is 0 Å². The fraction of sp³-hybridized carbons (Fsp3) is 0.375. The first-order valence-corrected chi connectivity index (χ1v) is 7.32. The maximum atomic E-state index is 4.91. The fourth-order valence-electron chi connectivity index (χ4n) is 3.16. The van der Waals surface area contributed by atoms with Gasteiger partial charge in [0.05, 0.1) is 17.2 Å².